The van der Waals surface area contributed by atoms with Gasteiger partial charge in [-0.25, -0.2) is 0 Å². The molecule has 0 bridgehead atoms. The highest BCUT2D eigenvalue weighted by molar-refractivity contribution is 5.83. The zero-order chi connectivity index (χ0) is 13.0. The number of rotatable bonds is 6. The Bertz CT molecular complexity index is 269. The second-order valence-corrected chi connectivity index (χ2v) is 5.51. The highest BCUT2D eigenvalue weighted by atomic mass is 16.4. The molecule has 0 saturated carbocycles. The molecule has 4 nitrogen and oxygen atoms in total. The molecular formula is C12H23NO3. The Balaban J connectivity index is 4.55. The average Bonchev–Trinajstić information content (AvgIpc) is 2.12. The summed E-state index contributed by atoms with van der Waals surface area (Å²) in [5.74, 6) is -0.951. The van der Waals surface area contributed by atoms with E-state index in [1.54, 1.807) is 27.7 Å². The first kappa shape index (κ1) is 14.9. The van der Waals surface area contributed by atoms with E-state index >= 15 is 0 Å². The molecule has 0 atom stereocenters. The van der Waals surface area contributed by atoms with Crippen LogP contribution in [0.3, 0.4) is 0 Å². The Morgan fingerprint density at radius 3 is 2.00 bits per heavy atom. The Labute approximate surface area is 97.4 Å². The minimum Gasteiger partial charge on any atom is -0.481 e. The fraction of sp³-hybridized carbons (Fsp3) is 0.833. The Morgan fingerprint density at radius 2 is 1.62 bits per heavy atom. The van der Waals surface area contributed by atoms with Gasteiger partial charge in [0.05, 0.1) is 5.41 Å². The van der Waals surface area contributed by atoms with Crippen molar-refractivity contribution < 1.29 is 14.7 Å². The van der Waals surface area contributed by atoms with E-state index in [1.807, 2.05) is 6.92 Å². The molecule has 0 radical (unpaired) electrons. The fourth-order valence-electron chi connectivity index (χ4n) is 1.74. The van der Waals surface area contributed by atoms with E-state index in [1.165, 1.54) is 0 Å². The van der Waals surface area contributed by atoms with Crippen LogP contribution in [0.15, 0.2) is 0 Å². The molecule has 2 N–H and O–H groups in total. The SMILES string of the molecule is CCCNC(=O)C(C)(C)CC(C)(C)C(=O)O. The number of hydrogen-bond donors (Lipinski definition) is 2. The van der Waals surface area contributed by atoms with Crippen LogP contribution in [0.1, 0.15) is 47.5 Å². The maximum absolute atomic E-state index is 11.8. The molecule has 0 aliphatic carbocycles. The standard InChI is InChI=1S/C12H23NO3/c1-6-7-13-9(14)11(2,3)8-12(4,5)10(15)16/h6-8H2,1-5H3,(H,13,14)(H,15,16). The summed E-state index contributed by atoms with van der Waals surface area (Å²) >= 11 is 0. The van der Waals surface area contributed by atoms with E-state index < -0.39 is 16.8 Å². The van der Waals surface area contributed by atoms with Crippen molar-refractivity contribution in [3.8, 4) is 0 Å². The van der Waals surface area contributed by atoms with Gasteiger partial charge in [-0.2, -0.15) is 0 Å². The van der Waals surface area contributed by atoms with Crippen molar-refractivity contribution in [2.45, 2.75) is 47.5 Å². The number of aliphatic carboxylic acids is 1. The molecule has 0 rings (SSSR count). The van der Waals surface area contributed by atoms with Crippen LogP contribution in [0.4, 0.5) is 0 Å². The zero-order valence-electron chi connectivity index (χ0n) is 10.9. The van der Waals surface area contributed by atoms with Crippen LogP contribution in [0.25, 0.3) is 0 Å². The highest BCUT2D eigenvalue weighted by Crippen LogP contribution is 2.33. The number of carbonyl (C=O) groups excluding carboxylic acids is 1. The number of carboxylic acids is 1. The molecule has 0 aliphatic rings. The van der Waals surface area contributed by atoms with Crippen LogP contribution >= 0.6 is 0 Å². The Morgan fingerprint density at radius 1 is 1.12 bits per heavy atom. The molecule has 0 spiro atoms. The van der Waals surface area contributed by atoms with Crippen LogP contribution in [-0.2, 0) is 9.59 Å². The second kappa shape index (κ2) is 5.32. The minimum absolute atomic E-state index is 0.0799. The summed E-state index contributed by atoms with van der Waals surface area (Å²) in [6.45, 7) is 9.46. The van der Waals surface area contributed by atoms with Gasteiger partial charge in [0.2, 0.25) is 5.91 Å². The van der Waals surface area contributed by atoms with E-state index in [0.717, 1.165) is 6.42 Å². The summed E-state index contributed by atoms with van der Waals surface area (Å²) in [5, 5.41) is 11.8. The number of nitrogens with one attached hydrogen (secondary N) is 1. The zero-order valence-corrected chi connectivity index (χ0v) is 10.9. The van der Waals surface area contributed by atoms with Gasteiger partial charge in [-0.3, -0.25) is 9.59 Å². The number of carbonyl (C=O) groups is 2. The molecule has 0 aromatic carbocycles. The predicted octanol–water partition coefficient (Wildman–Crippen LogP) is 2.04. The van der Waals surface area contributed by atoms with Crippen molar-refractivity contribution in [3.05, 3.63) is 0 Å². The molecule has 0 aliphatic heterocycles. The van der Waals surface area contributed by atoms with E-state index in [2.05, 4.69) is 5.32 Å². The minimum atomic E-state index is -0.882. The van der Waals surface area contributed by atoms with Gasteiger partial charge >= 0.3 is 5.97 Å². The topological polar surface area (TPSA) is 66.4 Å². The van der Waals surface area contributed by atoms with Gasteiger partial charge in [0.25, 0.3) is 0 Å². The maximum atomic E-state index is 11.8. The van der Waals surface area contributed by atoms with Crippen molar-refractivity contribution in [1.82, 2.24) is 5.32 Å². The molecule has 4 heteroatoms. The van der Waals surface area contributed by atoms with Gasteiger partial charge in [0.15, 0.2) is 0 Å². The lowest BCUT2D eigenvalue weighted by Crippen LogP contribution is -2.41. The molecule has 94 valence electrons. The van der Waals surface area contributed by atoms with Gasteiger partial charge in [0, 0.05) is 12.0 Å². The van der Waals surface area contributed by atoms with Gasteiger partial charge in [-0.05, 0) is 26.7 Å². The molecule has 0 fully saturated rings. The van der Waals surface area contributed by atoms with Crippen molar-refractivity contribution in [2.75, 3.05) is 6.54 Å². The van der Waals surface area contributed by atoms with Gasteiger partial charge in [0.1, 0.15) is 0 Å². The normalized spacial score (nSPS) is 12.3. The molecule has 1 amide bonds. The largest absolute Gasteiger partial charge is 0.481 e. The van der Waals surface area contributed by atoms with Crippen molar-refractivity contribution in [1.29, 1.82) is 0 Å². The molecule has 0 unspecified atom stereocenters. The lowest BCUT2D eigenvalue weighted by molar-refractivity contribution is -0.149. The third kappa shape index (κ3) is 4.21. The Hall–Kier alpha value is -1.06. The quantitative estimate of drug-likeness (QED) is 0.732. The summed E-state index contributed by atoms with van der Waals surface area (Å²) in [7, 11) is 0. The van der Waals surface area contributed by atoms with Crippen molar-refractivity contribution in [2.24, 2.45) is 10.8 Å². The summed E-state index contributed by atoms with van der Waals surface area (Å²) in [6, 6.07) is 0. The van der Waals surface area contributed by atoms with Gasteiger partial charge in [-0.15, -0.1) is 0 Å². The monoisotopic (exact) mass is 229 g/mol. The van der Waals surface area contributed by atoms with Crippen LogP contribution in [0.2, 0.25) is 0 Å². The van der Waals surface area contributed by atoms with Crippen LogP contribution in [-0.4, -0.2) is 23.5 Å². The summed E-state index contributed by atoms with van der Waals surface area (Å²) in [6.07, 6.45) is 1.20. The third-order valence-corrected chi connectivity index (χ3v) is 2.61. The fourth-order valence-corrected chi connectivity index (χ4v) is 1.74. The molecule has 0 aromatic rings. The van der Waals surface area contributed by atoms with Crippen LogP contribution in [0.5, 0.6) is 0 Å². The summed E-state index contributed by atoms with van der Waals surface area (Å²) in [5.41, 5.74) is -1.54. The van der Waals surface area contributed by atoms with Gasteiger partial charge in [-0.1, -0.05) is 20.8 Å². The van der Waals surface area contributed by atoms with E-state index in [4.69, 9.17) is 5.11 Å². The van der Waals surface area contributed by atoms with Crippen molar-refractivity contribution >= 4 is 11.9 Å². The lowest BCUT2D eigenvalue weighted by atomic mass is 9.74. The lowest BCUT2D eigenvalue weighted by Gasteiger charge is -2.30. The second-order valence-electron chi connectivity index (χ2n) is 5.51. The van der Waals surface area contributed by atoms with Crippen LogP contribution in [0, 0.1) is 10.8 Å². The maximum Gasteiger partial charge on any atom is 0.309 e. The first-order valence-corrected chi connectivity index (χ1v) is 5.65. The van der Waals surface area contributed by atoms with Gasteiger partial charge < -0.3 is 10.4 Å². The first-order chi connectivity index (χ1) is 7.13. The first-order valence-electron chi connectivity index (χ1n) is 5.65. The van der Waals surface area contributed by atoms with E-state index in [-0.39, 0.29) is 5.91 Å². The molecule has 16 heavy (non-hydrogen) atoms. The van der Waals surface area contributed by atoms with E-state index in [0.29, 0.717) is 13.0 Å². The molecule has 0 heterocycles. The number of hydrogen-bond acceptors (Lipinski definition) is 2. The smallest absolute Gasteiger partial charge is 0.309 e. The molecule has 0 aromatic heterocycles. The molecular weight excluding hydrogens is 206 g/mol. The number of amides is 1. The number of carboxylic acid groups (broad SMARTS) is 1. The third-order valence-electron chi connectivity index (χ3n) is 2.61. The molecule has 0 saturated heterocycles. The predicted molar refractivity (Wildman–Crippen MR) is 63.1 cm³/mol. The van der Waals surface area contributed by atoms with Crippen molar-refractivity contribution in [3.63, 3.8) is 0 Å². The summed E-state index contributed by atoms with van der Waals surface area (Å²) in [4.78, 5) is 22.8. The Kier molecular flexibility index (Phi) is 4.97. The van der Waals surface area contributed by atoms with Crippen LogP contribution < -0.4 is 5.32 Å². The highest BCUT2D eigenvalue weighted by Gasteiger charge is 2.38. The van der Waals surface area contributed by atoms with E-state index in [9.17, 15) is 9.59 Å². The summed E-state index contributed by atoms with van der Waals surface area (Å²) < 4.78 is 0. The average molecular weight is 229 g/mol.